The summed E-state index contributed by atoms with van der Waals surface area (Å²) >= 11 is 0. The first-order chi connectivity index (χ1) is 9.24. The Balaban J connectivity index is 1.85. The second-order valence-corrected chi connectivity index (χ2v) is 5.01. The van der Waals surface area contributed by atoms with Crippen LogP contribution in [-0.2, 0) is 0 Å². The van der Waals surface area contributed by atoms with Gasteiger partial charge < -0.3 is 15.4 Å². The van der Waals surface area contributed by atoms with Gasteiger partial charge in [0.2, 0.25) is 0 Å². The molecule has 3 N–H and O–H groups in total. The highest BCUT2D eigenvalue weighted by atomic mass is 16.4. The SMILES string of the molecule is O=C(O)NC1CCCC(c2ncnc3[nH]ccc23)C1. The fraction of sp³-hybridized carbons (Fsp3) is 0.462. The summed E-state index contributed by atoms with van der Waals surface area (Å²) in [4.78, 5) is 22.4. The molecule has 0 radical (unpaired) electrons. The van der Waals surface area contributed by atoms with Crippen molar-refractivity contribution in [2.75, 3.05) is 0 Å². The Bertz CT molecular complexity index is 595. The molecule has 1 aliphatic rings. The fourth-order valence-electron chi connectivity index (χ4n) is 2.96. The van der Waals surface area contributed by atoms with Crippen molar-refractivity contribution in [1.82, 2.24) is 20.3 Å². The molecule has 6 nitrogen and oxygen atoms in total. The van der Waals surface area contributed by atoms with E-state index in [9.17, 15) is 4.79 Å². The van der Waals surface area contributed by atoms with E-state index in [-0.39, 0.29) is 6.04 Å². The van der Waals surface area contributed by atoms with Gasteiger partial charge in [-0.2, -0.15) is 0 Å². The summed E-state index contributed by atoms with van der Waals surface area (Å²) in [6, 6.07) is 2.01. The van der Waals surface area contributed by atoms with Crippen LogP contribution in [0.1, 0.15) is 37.3 Å². The zero-order valence-electron chi connectivity index (χ0n) is 10.5. The molecule has 1 saturated carbocycles. The second-order valence-electron chi connectivity index (χ2n) is 5.01. The van der Waals surface area contributed by atoms with Gasteiger partial charge in [-0.05, 0) is 25.3 Å². The maximum Gasteiger partial charge on any atom is 0.404 e. The number of rotatable bonds is 2. The van der Waals surface area contributed by atoms with Crippen molar-refractivity contribution in [2.24, 2.45) is 0 Å². The van der Waals surface area contributed by atoms with Crippen LogP contribution in [0.2, 0.25) is 0 Å². The van der Waals surface area contributed by atoms with Crippen LogP contribution >= 0.6 is 0 Å². The van der Waals surface area contributed by atoms with Crippen molar-refractivity contribution in [3.63, 3.8) is 0 Å². The highest BCUT2D eigenvalue weighted by Crippen LogP contribution is 2.34. The lowest BCUT2D eigenvalue weighted by Crippen LogP contribution is -2.37. The Morgan fingerprint density at radius 3 is 3.16 bits per heavy atom. The molecule has 2 aromatic heterocycles. The van der Waals surface area contributed by atoms with E-state index >= 15 is 0 Å². The van der Waals surface area contributed by atoms with Crippen molar-refractivity contribution in [3.8, 4) is 0 Å². The van der Waals surface area contributed by atoms with Gasteiger partial charge in [-0.15, -0.1) is 0 Å². The summed E-state index contributed by atoms with van der Waals surface area (Å²) in [7, 11) is 0. The minimum absolute atomic E-state index is 0.0280. The number of aromatic nitrogens is 3. The fourth-order valence-corrected chi connectivity index (χ4v) is 2.96. The van der Waals surface area contributed by atoms with E-state index in [0.29, 0.717) is 5.92 Å². The molecule has 6 heteroatoms. The Labute approximate surface area is 110 Å². The van der Waals surface area contributed by atoms with Gasteiger partial charge in [0.15, 0.2) is 0 Å². The molecular weight excluding hydrogens is 244 g/mol. The first-order valence-electron chi connectivity index (χ1n) is 6.51. The third-order valence-corrected chi connectivity index (χ3v) is 3.77. The van der Waals surface area contributed by atoms with Gasteiger partial charge in [0.1, 0.15) is 12.0 Å². The maximum absolute atomic E-state index is 10.7. The number of hydrogen-bond acceptors (Lipinski definition) is 3. The van der Waals surface area contributed by atoms with Crippen molar-refractivity contribution in [1.29, 1.82) is 0 Å². The van der Waals surface area contributed by atoms with Gasteiger partial charge >= 0.3 is 6.09 Å². The third-order valence-electron chi connectivity index (χ3n) is 3.77. The number of carbonyl (C=O) groups is 1. The number of nitrogens with zero attached hydrogens (tertiary/aromatic N) is 2. The average molecular weight is 260 g/mol. The second kappa shape index (κ2) is 4.87. The van der Waals surface area contributed by atoms with Gasteiger partial charge in [-0.25, -0.2) is 14.8 Å². The number of H-pyrrole nitrogens is 1. The third kappa shape index (κ3) is 2.38. The summed E-state index contributed by atoms with van der Waals surface area (Å²) in [5.41, 5.74) is 1.88. The molecule has 0 saturated heterocycles. The quantitative estimate of drug-likeness (QED) is 0.772. The van der Waals surface area contributed by atoms with Gasteiger partial charge in [0, 0.05) is 23.5 Å². The summed E-state index contributed by atoms with van der Waals surface area (Å²) in [5, 5.41) is 12.5. The van der Waals surface area contributed by atoms with Crippen LogP contribution < -0.4 is 5.32 Å². The van der Waals surface area contributed by atoms with Gasteiger partial charge in [0.05, 0.1) is 5.69 Å². The number of aromatic amines is 1. The highest BCUT2D eigenvalue weighted by Gasteiger charge is 2.26. The maximum atomic E-state index is 10.7. The molecular formula is C13H16N4O2. The van der Waals surface area contributed by atoms with Crippen LogP contribution in [-0.4, -0.2) is 32.2 Å². The van der Waals surface area contributed by atoms with Crippen LogP contribution in [0.15, 0.2) is 18.6 Å². The van der Waals surface area contributed by atoms with Crippen LogP contribution in [0, 0.1) is 0 Å². The largest absolute Gasteiger partial charge is 0.465 e. The Kier molecular flexibility index (Phi) is 3.06. The Morgan fingerprint density at radius 1 is 1.42 bits per heavy atom. The summed E-state index contributed by atoms with van der Waals surface area (Å²) < 4.78 is 0. The van der Waals surface area contributed by atoms with Crippen LogP contribution in [0.3, 0.4) is 0 Å². The number of amides is 1. The zero-order chi connectivity index (χ0) is 13.2. The molecule has 100 valence electrons. The average Bonchev–Trinajstić information content (AvgIpc) is 2.86. The molecule has 2 unspecified atom stereocenters. The Morgan fingerprint density at radius 2 is 2.32 bits per heavy atom. The lowest BCUT2D eigenvalue weighted by atomic mass is 9.83. The van der Waals surface area contributed by atoms with E-state index in [1.54, 1.807) is 6.33 Å². The summed E-state index contributed by atoms with van der Waals surface area (Å²) in [5.74, 6) is 0.298. The topological polar surface area (TPSA) is 90.9 Å². The van der Waals surface area contributed by atoms with Crippen molar-refractivity contribution < 1.29 is 9.90 Å². The van der Waals surface area contributed by atoms with Crippen molar-refractivity contribution >= 4 is 17.1 Å². The molecule has 3 rings (SSSR count). The monoisotopic (exact) mass is 260 g/mol. The lowest BCUT2D eigenvalue weighted by molar-refractivity contribution is 0.184. The number of nitrogens with one attached hydrogen (secondary N) is 2. The molecule has 0 aromatic carbocycles. The number of hydrogen-bond donors (Lipinski definition) is 3. The molecule has 0 aliphatic heterocycles. The van der Waals surface area contributed by atoms with E-state index in [4.69, 9.17) is 5.11 Å². The molecule has 1 amide bonds. The first kappa shape index (κ1) is 12.0. The highest BCUT2D eigenvalue weighted by molar-refractivity contribution is 5.78. The molecule has 2 aromatic rings. The molecule has 0 bridgehead atoms. The van der Waals surface area contributed by atoms with Crippen LogP contribution in [0.5, 0.6) is 0 Å². The minimum Gasteiger partial charge on any atom is -0.465 e. The summed E-state index contributed by atoms with van der Waals surface area (Å²) in [6.07, 6.45) is 6.27. The molecule has 0 spiro atoms. The van der Waals surface area contributed by atoms with E-state index in [1.165, 1.54) is 0 Å². The van der Waals surface area contributed by atoms with Crippen molar-refractivity contribution in [2.45, 2.75) is 37.6 Å². The number of carboxylic acid groups (broad SMARTS) is 1. The lowest BCUT2D eigenvalue weighted by Gasteiger charge is -2.28. The van der Waals surface area contributed by atoms with Crippen LogP contribution in [0.4, 0.5) is 4.79 Å². The van der Waals surface area contributed by atoms with Crippen LogP contribution in [0.25, 0.3) is 11.0 Å². The van der Waals surface area contributed by atoms with Crippen molar-refractivity contribution in [3.05, 3.63) is 24.3 Å². The van der Waals surface area contributed by atoms with E-state index < -0.39 is 6.09 Å². The smallest absolute Gasteiger partial charge is 0.404 e. The van der Waals surface area contributed by atoms with Gasteiger partial charge in [0.25, 0.3) is 0 Å². The Hall–Kier alpha value is -2.11. The van der Waals surface area contributed by atoms with E-state index in [0.717, 1.165) is 42.4 Å². The van der Waals surface area contributed by atoms with Gasteiger partial charge in [-0.3, -0.25) is 0 Å². The number of fused-ring (bicyclic) bond motifs is 1. The molecule has 2 atom stereocenters. The minimum atomic E-state index is -0.944. The standard InChI is InChI=1S/C13H16N4O2/c18-13(19)17-9-3-1-2-8(6-9)11-10-4-5-14-12(10)16-7-15-11/h4-5,7-9,17H,1-3,6H2,(H,18,19)(H,14,15,16). The first-order valence-corrected chi connectivity index (χ1v) is 6.51. The molecule has 2 heterocycles. The zero-order valence-corrected chi connectivity index (χ0v) is 10.5. The van der Waals surface area contributed by atoms with Gasteiger partial charge in [-0.1, -0.05) is 6.42 Å². The molecule has 1 fully saturated rings. The molecule has 1 aliphatic carbocycles. The van der Waals surface area contributed by atoms with E-state index in [2.05, 4.69) is 20.3 Å². The predicted molar refractivity (Wildman–Crippen MR) is 70.0 cm³/mol. The molecule has 19 heavy (non-hydrogen) atoms. The summed E-state index contributed by atoms with van der Waals surface area (Å²) in [6.45, 7) is 0. The predicted octanol–water partition coefficient (Wildman–Crippen LogP) is 2.25. The normalized spacial score (nSPS) is 23.4. The van der Waals surface area contributed by atoms with E-state index in [1.807, 2.05) is 12.3 Å².